The number of benzene rings is 1. The zero-order valence-electron chi connectivity index (χ0n) is 13.2. The third-order valence-corrected chi connectivity index (χ3v) is 4.88. The van der Waals surface area contributed by atoms with E-state index in [1.807, 2.05) is 6.07 Å². The summed E-state index contributed by atoms with van der Waals surface area (Å²) in [5.41, 5.74) is 1.67. The molecule has 1 heterocycles. The summed E-state index contributed by atoms with van der Waals surface area (Å²) >= 11 is 0. The van der Waals surface area contributed by atoms with Gasteiger partial charge in [0.15, 0.2) is 0 Å². The summed E-state index contributed by atoms with van der Waals surface area (Å²) < 4.78 is 5.28. The number of nitrogens with one attached hydrogen (secondary N) is 1. The third-order valence-electron chi connectivity index (χ3n) is 4.88. The van der Waals surface area contributed by atoms with Gasteiger partial charge in [-0.05, 0) is 43.4 Å². The molecular formula is C18H23NO3. The Hall–Kier alpha value is -1.81. The van der Waals surface area contributed by atoms with Crippen LogP contribution < -0.4 is 10.9 Å². The Morgan fingerprint density at radius 2 is 2.09 bits per heavy atom. The number of phenols is 1. The van der Waals surface area contributed by atoms with Gasteiger partial charge < -0.3 is 14.8 Å². The smallest absolute Gasteiger partial charge is 0.336 e. The quantitative estimate of drug-likeness (QED) is 0.852. The fourth-order valence-corrected chi connectivity index (χ4v) is 3.42. The van der Waals surface area contributed by atoms with Crippen LogP contribution >= 0.6 is 0 Å². The van der Waals surface area contributed by atoms with Crippen molar-refractivity contribution in [3.63, 3.8) is 0 Å². The second kappa shape index (κ2) is 6.13. The molecule has 1 aromatic carbocycles. The summed E-state index contributed by atoms with van der Waals surface area (Å²) in [5, 5.41) is 14.3. The van der Waals surface area contributed by atoms with Crippen molar-refractivity contribution in [1.29, 1.82) is 0 Å². The van der Waals surface area contributed by atoms with Crippen molar-refractivity contribution < 1.29 is 9.52 Å². The summed E-state index contributed by atoms with van der Waals surface area (Å²) in [6.07, 6.45) is 5.05. The maximum atomic E-state index is 11.8. The first-order valence-corrected chi connectivity index (χ1v) is 8.05. The molecule has 4 nitrogen and oxygen atoms in total. The molecule has 4 heteroatoms. The first kappa shape index (κ1) is 15.1. The van der Waals surface area contributed by atoms with Crippen molar-refractivity contribution >= 4 is 11.0 Å². The van der Waals surface area contributed by atoms with Gasteiger partial charge in [0, 0.05) is 29.6 Å². The minimum absolute atomic E-state index is 0.154. The molecule has 0 saturated heterocycles. The molecule has 1 aromatic heterocycles. The molecular weight excluding hydrogens is 278 g/mol. The first-order chi connectivity index (χ1) is 10.6. The van der Waals surface area contributed by atoms with E-state index in [4.69, 9.17) is 4.42 Å². The van der Waals surface area contributed by atoms with Crippen LogP contribution in [0.1, 0.15) is 43.7 Å². The summed E-state index contributed by atoms with van der Waals surface area (Å²) in [6.45, 7) is 4.71. The monoisotopic (exact) mass is 301 g/mol. The van der Waals surface area contributed by atoms with Gasteiger partial charge in [0.25, 0.3) is 0 Å². The van der Waals surface area contributed by atoms with E-state index in [0.717, 1.165) is 10.9 Å². The normalized spacial score (nSPS) is 22.1. The Labute approximate surface area is 130 Å². The van der Waals surface area contributed by atoms with Gasteiger partial charge in [-0.25, -0.2) is 4.79 Å². The largest absolute Gasteiger partial charge is 0.508 e. The van der Waals surface area contributed by atoms with E-state index in [-0.39, 0.29) is 11.4 Å². The summed E-state index contributed by atoms with van der Waals surface area (Å²) in [7, 11) is 0. The number of aryl methyl sites for hydroxylation is 1. The first-order valence-electron chi connectivity index (χ1n) is 8.05. The lowest BCUT2D eigenvalue weighted by molar-refractivity contribution is 0.279. The molecule has 2 aromatic rings. The zero-order valence-corrected chi connectivity index (χ0v) is 13.2. The highest BCUT2D eigenvalue weighted by atomic mass is 16.4. The third kappa shape index (κ3) is 2.88. The molecule has 1 saturated carbocycles. The molecule has 0 radical (unpaired) electrons. The standard InChI is InChI=1S/C18H23NO3/c1-11-5-3-4-6-15(11)19-10-13-9-17(21)22-18-12(2)16(20)8-7-14(13)18/h7-9,11,15,19-20H,3-6,10H2,1-2H3/t11-,15-/m1/s1. The zero-order chi connectivity index (χ0) is 15.7. The van der Waals surface area contributed by atoms with Gasteiger partial charge in [-0.1, -0.05) is 19.8 Å². The Morgan fingerprint density at radius 1 is 1.32 bits per heavy atom. The second-order valence-electron chi connectivity index (χ2n) is 6.43. The topological polar surface area (TPSA) is 62.5 Å². The number of hydrogen-bond donors (Lipinski definition) is 2. The van der Waals surface area contributed by atoms with Gasteiger partial charge in [0.1, 0.15) is 11.3 Å². The fraction of sp³-hybridized carbons (Fsp3) is 0.500. The van der Waals surface area contributed by atoms with Crippen LogP contribution in [0.4, 0.5) is 0 Å². The second-order valence-corrected chi connectivity index (χ2v) is 6.43. The lowest BCUT2D eigenvalue weighted by Gasteiger charge is -2.29. The van der Waals surface area contributed by atoms with Gasteiger partial charge in [-0.3, -0.25) is 0 Å². The molecule has 0 aliphatic heterocycles. The lowest BCUT2D eigenvalue weighted by Crippen LogP contribution is -2.36. The van der Waals surface area contributed by atoms with E-state index in [9.17, 15) is 9.90 Å². The van der Waals surface area contributed by atoms with E-state index in [0.29, 0.717) is 29.7 Å². The predicted molar refractivity (Wildman–Crippen MR) is 87.1 cm³/mol. The predicted octanol–water partition coefficient (Wildman–Crippen LogP) is 3.48. The van der Waals surface area contributed by atoms with E-state index in [1.54, 1.807) is 19.1 Å². The van der Waals surface area contributed by atoms with Crippen LogP contribution in [0, 0.1) is 12.8 Å². The molecule has 2 atom stereocenters. The Morgan fingerprint density at radius 3 is 2.86 bits per heavy atom. The van der Waals surface area contributed by atoms with Crippen LogP contribution in [-0.2, 0) is 6.54 Å². The number of rotatable bonds is 3. The SMILES string of the molecule is Cc1c(O)ccc2c(CN[C@@H]3CCCC[C@H]3C)cc(=O)oc12. The highest BCUT2D eigenvalue weighted by Gasteiger charge is 2.21. The highest BCUT2D eigenvalue weighted by Crippen LogP contribution is 2.28. The molecule has 0 unspecified atom stereocenters. The van der Waals surface area contributed by atoms with Crippen LogP contribution in [0.3, 0.4) is 0 Å². The fourth-order valence-electron chi connectivity index (χ4n) is 3.42. The number of hydrogen-bond acceptors (Lipinski definition) is 4. The lowest BCUT2D eigenvalue weighted by atomic mass is 9.86. The summed E-state index contributed by atoms with van der Waals surface area (Å²) in [6, 6.07) is 5.54. The minimum Gasteiger partial charge on any atom is -0.508 e. The molecule has 0 bridgehead atoms. The van der Waals surface area contributed by atoms with Crippen LogP contribution in [0.2, 0.25) is 0 Å². The number of phenolic OH excluding ortho intramolecular Hbond substituents is 1. The van der Waals surface area contributed by atoms with E-state index in [2.05, 4.69) is 12.2 Å². The Kier molecular flexibility index (Phi) is 4.21. The number of aromatic hydroxyl groups is 1. The number of fused-ring (bicyclic) bond motifs is 1. The molecule has 0 amide bonds. The maximum absolute atomic E-state index is 11.8. The van der Waals surface area contributed by atoms with Crippen molar-refractivity contribution in [3.05, 3.63) is 39.7 Å². The molecule has 1 fully saturated rings. The van der Waals surface area contributed by atoms with E-state index >= 15 is 0 Å². The molecule has 22 heavy (non-hydrogen) atoms. The summed E-state index contributed by atoms with van der Waals surface area (Å²) in [4.78, 5) is 11.8. The van der Waals surface area contributed by atoms with E-state index in [1.165, 1.54) is 25.7 Å². The maximum Gasteiger partial charge on any atom is 0.336 e. The van der Waals surface area contributed by atoms with Crippen LogP contribution in [0.15, 0.2) is 27.4 Å². The molecule has 1 aliphatic rings. The van der Waals surface area contributed by atoms with Crippen molar-refractivity contribution in [2.24, 2.45) is 5.92 Å². The molecule has 3 rings (SSSR count). The molecule has 1 aliphatic carbocycles. The van der Waals surface area contributed by atoms with Crippen LogP contribution in [-0.4, -0.2) is 11.1 Å². The van der Waals surface area contributed by atoms with Gasteiger partial charge in [-0.15, -0.1) is 0 Å². The van der Waals surface area contributed by atoms with Gasteiger partial charge >= 0.3 is 5.63 Å². The van der Waals surface area contributed by atoms with Crippen molar-refractivity contribution in [2.75, 3.05) is 0 Å². The highest BCUT2D eigenvalue weighted by molar-refractivity contribution is 5.84. The van der Waals surface area contributed by atoms with Gasteiger partial charge in [-0.2, -0.15) is 0 Å². The Balaban J connectivity index is 1.90. The van der Waals surface area contributed by atoms with E-state index < -0.39 is 0 Å². The van der Waals surface area contributed by atoms with Gasteiger partial charge in [0.2, 0.25) is 0 Å². The van der Waals surface area contributed by atoms with Crippen molar-refractivity contribution in [2.45, 2.75) is 52.1 Å². The molecule has 2 N–H and O–H groups in total. The molecule has 0 spiro atoms. The Bertz CT molecular complexity index is 735. The average Bonchev–Trinajstić information content (AvgIpc) is 2.50. The van der Waals surface area contributed by atoms with Crippen LogP contribution in [0.25, 0.3) is 11.0 Å². The minimum atomic E-state index is -0.366. The van der Waals surface area contributed by atoms with Crippen molar-refractivity contribution in [1.82, 2.24) is 5.32 Å². The van der Waals surface area contributed by atoms with Crippen LogP contribution in [0.5, 0.6) is 5.75 Å². The molecule has 118 valence electrons. The summed E-state index contributed by atoms with van der Waals surface area (Å²) in [5.74, 6) is 0.826. The van der Waals surface area contributed by atoms with Gasteiger partial charge in [0.05, 0.1) is 0 Å². The van der Waals surface area contributed by atoms with Crippen molar-refractivity contribution in [3.8, 4) is 5.75 Å². The average molecular weight is 301 g/mol.